The third-order valence-corrected chi connectivity index (χ3v) is 8.27. The summed E-state index contributed by atoms with van der Waals surface area (Å²) in [5.41, 5.74) is 5.63. The normalized spacial score (nSPS) is 14.7. The van der Waals surface area contributed by atoms with Crippen molar-refractivity contribution in [2.24, 2.45) is 0 Å². The van der Waals surface area contributed by atoms with Crippen LogP contribution in [0.15, 0.2) is 29.2 Å². The van der Waals surface area contributed by atoms with Crippen LogP contribution < -0.4 is 18.9 Å². The largest absolute Gasteiger partial charge is 0.493 e. The predicted molar refractivity (Wildman–Crippen MR) is 141 cm³/mol. The third kappa shape index (κ3) is 4.54. The number of hydrogen-bond acceptors (Lipinski definition) is 7. The molecule has 0 unspecified atom stereocenters. The van der Waals surface area contributed by atoms with Crippen LogP contribution >= 0.6 is 11.8 Å². The van der Waals surface area contributed by atoms with E-state index >= 15 is 0 Å². The molecule has 2 aromatic carbocycles. The zero-order valence-electron chi connectivity index (χ0n) is 21.3. The van der Waals surface area contributed by atoms with Gasteiger partial charge in [-0.2, -0.15) is 0 Å². The minimum Gasteiger partial charge on any atom is -0.493 e. The maximum Gasteiger partial charge on any atom is 0.233 e. The molecule has 1 aliphatic carbocycles. The summed E-state index contributed by atoms with van der Waals surface area (Å²) in [4.78, 5) is 21.4. The van der Waals surface area contributed by atoms with Crippen molar-refractivity contribution in [3.05, 3.63) is 46.6 Å². The molecule has 1 aliphatic heterocycles. The molecule has 0 bridgehead atoms. The molecule has 0 N–H and O–H groups in total. The SMILES string of the molecule is COc1cc2c(cc1OC)CN(C(=O)CSc1c3c(nc4cc(OC)c(OC)cc14)CCCC3)CC2. The Hall–Kier alpha value is -3.13. The van der Waals surface area contributed by atoms with E-state index in [2.05, 4.69) is 0 Å². The van der Waals surface area contributed by atoms with E-state index in [1.54, 1.807) is 40.2 Å². The topological polar surface area (TPSA) is 70.1 Å². The number of ether oxygens (including phenoxy) is 4. The average Bonchev–Trinajstić information content (AvgIpc) is 2.93. The highest BCUT2D eigenvalue weighted by Gasteiger charge is 2.25. The number of pyridine rings is 1. The van der Waals surface area contributed by atoms with Gasteiger partial charge in [0.2, 0.25) is 5.91 Å². The van der Waals surface area contributed by atoms with E-state index in [1.807, 2.05) is 29.2 Å². The Balaban J connectivity index is 1.41. The lowest BCUT2D eigenvalue weighted by atomic mass is 9.94. The lowest BCUT2D eigenvalue weighted by molar-refractivity contribution is -0.129. The molecular weight excluding hydrogens is 476 g/mol. The first kappa shape index (κ1) is 24.6. The van der Waals surface area contributed by atoms with Gasteiger partial charge in [0.1, 0.15) is 0 Å². The molecule has 0 radical (unpaired) electrons. The second-order valence-electron chi connectivity index (χ2n) is 9.13. The first-order chi connectivity index (χ1) is 17.6. The molecule has 0 atom stereocenters. The van der Waals surface area contributed by atoms with Crippen LogP contribution in [0.1, 0.15) is 35.2 Å². The fourth-order valence-electron chi connectivity index (χ4n) is 5.19. The zero-order valence-corrected chi connectivity index (χ0v) is 22.1. The van der Waals surface area contributed by atoms with Crippen molar-refractivity contribution in [1.82, 2.24) is 9.88 Å². The van der Waals surface area contributed by atoms with E-state index in [0.29, 0.717) is 36.1 Å². The summed E-state index contributed by atoms with van der Waals surface area (Å²) in [7, 11) is 6.56. The smallest absolute Gasteiger partial charge is 0.233 e. The number of aryl methyl sites for hydroxylation is 1. The molecule has 190 valence electrons. The Labute approximate surface area is 216 Å². The van der Waals surface area contributed by atoms with Gasteiger partial charge in [0.15, 0.2) is 23.0 Å². The van der Waals surface area contributed by atoms with Crippen molar-refractivity contribution in [3.63, 3.8) is 0 Å². The molecule has 7 nitrogen and oxygen atoms in total. The Morgan fingerprint density at radius 2 is 1.50 bits per heavy atom. The van der Waals surface area contributed by atoms with Crippen molar-refractivity contribution >= 4 is 28.6 Å². The van der Waals surface area contributed by atoms with Gasteiger partial charge < -0.3 is 23.8 Å². The molecule has 1 amide bonds. The van der Waals surface area contributed by atoms with Crippen LogP contribution in [0.5, 0.6) is 23.0 Å². The monoisotopic (exact) mass is 508 g/mol. The lowest BCUT2D eigenvalue weighted by Crippen LogP contribution is -2.37. The van der Waals surface area contributed by atoms with Gasteiger partial charge in [0.05, 0.1) is 39.7 Å². The quantitative estimate of drug-likeness (QED) is 0.424. The van der Waals surface area contributed by atoms with Crippen molar-refractivity contribution in [2.75, 3.05) is 40.7 Å². The number of aromatic nitrogens is 1. The standard InChI is InChI=1S/C28H32N2O5S/c1-32-23-11-17-9-10-30(15-18(17)12-24(23)33-2)27(31)16-36-28-19-7-5-6-8-21(19)29-22-14-26(35-4)25(34-3)13-20(22)28/h11-14H,5-10,15-16H2,1-4H3. The second kappa shape index (κ2) is 10.5. The number of fused-ring (bicyclic) bond motifs is 3. The van der Waals surface area contributed by atoms with Gasteiger partial charge in [-0.05, 0) is 67.0 Å². The van der Waals surface area contributed by atoms with Gasteiger partial charge in [0.25, 0.3) is 0 Å². The number of thioether (sulfide) groups is 1. The molecule has 8 heteroatoms. The first-order valence-corrected chi connectivity index (χ1v) is 13.3. The van der Waals surface area contributed by atoms with Crippen LogP contribution in [0.25, 0.3) is 10.9 Å². The number of benzene rings is 2. The summed E-state index contributed by atoms with van der Waals surface area (Å²) in [6.45, 7) is 1.28. The van der Waals surface area contributed by atoms with E-state index in [0.717, 1.165) is 64.9 Å². The summed E-state index contributed by atoms with van der Waals surface area (Å²) in [5, 5.41) is 1.02. The fourth-order valence-corrected chi connectivity index (χ4v) is 6.36. The van der Waals surface area contributed by atoms with E-state index < -0.39 is 0 Å². The maximum atomic E-state index is 13.4. The molecule has 0 spiro atoms. The first-order valence-electron chi connectivity index (χ1n) is 12.3. The van der Waals surface area contributed by atoms with Crippen molar-refractivity contribution in [2.45, 2.75) is 43.5 Å². The van der Waals surface area contributed by atoms with Gasteiger partial charge in [-0.1, -0.05) is 0 Å². The van der Waals surface area contributed by atoms with Crippen LogP contribution in [-0.4, -0.2) is 56.5 Å². The molecule has 2 heterocycles. The Morgan fingerprint density at radius 3 is 2.22 bits per heavy atom. The second-order valence-corrected chi connectivity index (χ2v) is 10.1. The molecule has 0 saturated carbocycles. The Kier molecular flexibility index (Phi) is 7.14. The number of hydrogen-bond donors (Lipinski definition) is 0. The Bertz CT molecular complexity index is 1300. The van der Waals surface area contributed by atoms with E-state index in [-0.39, 0.29) is 5.91 Å². The molecular formula is C28H32N2O5S. The van der Waals surface area contributed by atoms with Gasteiger partial charge >= 0.3 is 0 Å². The molecule has 2 aliphatic rings. The summed E-state index contributed by atoms with van der Waals surface area (Å²) < 4.78 is 22.0. The Morgan fingerprint density at radius 1 is 0.861 bits per heavy atom. The zero-order chi connectivity index (χ0) is 25.2. The van der Waals surface area contributed by atoms with Crippen molar-refractivity contribution in [1.29, 1.82) is 0 Å². The summed E-state index contributed by atoms with van der Waals surface area (Å²) in [6, 6.07) is 7.97. The van der Waals surface area contributed by atoms with Crippen molar-refractivity contribution in [3.8, 4) is 23.0 Å². The number of amides is 1. The minimum absolute atomic E-state index is 0.135. The average molecular weight is 509 g/mol. The number of nitrogens with zero attached hydrogens (tertiary/aromatic N) is 2. The minimum atomic E-state index is 0.135. The number of methoxy groups -OCH3 is 4. The van der Waals surface area contributed by atoms with Crippen LogP contribution in [0, 0.1) is 0 Å². The molecule has 0 saturated heterocycles. The predicted octanol–water partition coefficient (Wildman–Crippen LogP) is 4.83. The van der Waals surface area contributed by atoms with Crippen LogP contribution in [0.2, 0.25) is 0 Å². The van der Waals surface area contributed by atoms with E-state index in [1.165, 1.54) is 11.1 Å². The van der Waals surface area contributed by atoms with E-state index in [9.17, 15) is 4.79 Å². The van der Waals surface area contributed by atoms with Crippen LogP contribution in [0.4, 0.5) is 0 Å². The lowest BCUT2D eigenvalue weighted by Gasteiger charge is -2.30. The summed E-state index contributed by atoms with van der Waals surface area (Å²) >= 11 is 1.62. The highest BCUT2D eigenvalue weighted by molar-refractivity contribution is 8.00. The molecule has 36 heavy (non-hydrogen) atoms. The maximum absolute atomic E-state index is 13.4. The molecule has 5 rings (SSSR count). The summed E-state index contributed by atoms with van der Waals surface area (Å²) in [5.74, 6) is 3.28. The molecule has 1 aromatic heterocycles. The highest BCUT2D eigenvalue weighted by Crippen LogP contribution is 2.41. The van der Waals surface area contributed by atoms with Crippen LogP contribution in [0.3, 0.4) is 0 Å². The molecule has 3 aromatic rings. The fraction of sp³-hybridized carbons (Fsp3) is 0.429. The van der Waals surface area contributed by atoms with Crippen molar-refractivity contribution < 1.29 is 23.7 Å². The van der Waals surface area contributed by atoms with E-state index in [4.69, 9.17) is 23.9 Å². The molecule has 0 fully saturated rings. The summed E-state index contributed by atoms with van der Waals surface area (Å²) in [6.07, 6.45) is 5.04. The number of carbonyl (C=O) groups is 1. The van der Waals surface area contributed by atoms with Gasteiger partial charge in [-0.3, -0.25) is 9.78 Å². The van der Waals surface area contributed by atoms with Gasteiger partial charge in [-0.15, -0.1) is 11.8 Å². The van der Waals surface area contributed by atoms with Gasteiger partial charge in [-0.25, -0.2) is 0 Å². The highest BCUT2D eigenvalue weighted by atomic mass is 32.2. The van der Waals surface area contributed by atoms with Gasteiger partial charge in [0, 0.05) is 35.1 Å². The number of carbonyl (C=O) groups excluding carboxylic acids is 1. The number of rotatable bonds is 7. The van der Waals surface area contributed by atoms with Crippen LogP contribution in [-0.2, 0) is 30.6 Å². The third-order valence-electron chi connectivity index (χ3n) is 7.13.